The summed E-state index contributed by atoms with van der Waals surface area (Å²) in [4.78, 5) is 34.0. The molecule has 22 heavy (non-hydrogen) atoms. The number of alkyl carbamates (subject to hydrolysis) is 1. The summed E-state index contributed by atoms with van der Waals surface area (Å²) in [6.07, 6.45) is 0.00156. The molecule has 0 aromatic heterocycles. The number of carbonyl (C=O) groups excluding carboxylic acids is 3. The van der Waals surface area contributed by atoms with Gasteiger partial charge >= 0.3 is 18.0 Å². The van der Waals surface area contributed by atoms with Crippen molar-refractivity contribution in [1.82, 2.24) is 5.32 Å². The van der Waals surface area contributed by atoms with E-state index in [1.165, 1.54) is 6.92 Å². The van der Waals surface area contributed by atoms with Crippen LogP contribution in [0.15, 0.2) is 12.2 Å². The van der Waals surface area contributed by atoms with Crippen molar-refractivity contribution in [2.75, 3.05) is 26.4 Å². The minimum absolute atomic E-state index is 0.0429. The van der Waals surface area contributed by atoms with Gasteiger partial charge in [-0.15, -0.1) is 0 Å². The predicted octanol–water partition coefficient (Wildman–Crippen LogP) is 1.81. The number of hydrogen-bond acceptors (Lipinski definition) is 6. The molecule has 0 radical (unpaired) electrons. The van der Waals surface area contributed by atoms with Crippen LogP contribution < -0.4 is 5.32 Å². The van der Waals surface area contributed by atoms with E-state index in [0.717, 1.165) is 0 Å². The van der Waals surface area contributed by atoms with Crippen LogP contribution in [0.4, 0.5) is 4.79 Å². The van der Waals surface area contributed by atoms with E-state index >= 15 is 0 Å². The summed E-state index contributed by atoms with van der Waals surface area (Å²) < 4.78 is 14.6. The number of carbonyl (C=O) groups is 3. The molecular formula is C15H25NO6. The quantitative estimate of drug-likeness (QED) is 0.302. The highest BCUT2D eigenvalue weighted by Gasteiger charge is 2.26. The van der Waals surface area contributed by atoms with E-state index in [1.54, 1.807) is 13.8 Å². The van der Waals surface area contributed by atoms with Crippen LogP contribution >= 0.6 is 0 Å². The third kappa shape index (κ3) is 8.28. The van der Waals surface area contributed by atoms with Gasteiger partial charge in [-0.25, -0.2) is 9.59 Å². The summed E-state index contributed by atoms with van der Waals surface area (Å²) >= 11 is 0. The van der Waals surface area contributed by atoms with E-state index in [9.17, 15) is 14.4 Å². The zero-order valence-corrected chi connectivity index (χ0v) is 13.7. The second kappa shape index (κ2) is 9.81. The van der Waals surface area contributed by atoms with E-state index in [-0.39, 0.29) is 37.9 Å². The summed E-state index contributed by atoms with van der Waals surface area (Å²) in [6, 6.07) is 0. The Hall–Kier alpha value is -2.05. The van der Waals surface area contributed by atoms with Crippen molar-refractivity contribution in [3.05, 3.63) is 12.2 Å². The van der Waals surface area contributed by atoms with Crippen LogP contribution in [-0.4, -0.2) is 44.4 Å². The Bertz CT molecular complexity index is 416. The molecule has 0 fully saturated rings. The van der Waals surface area contributed by atoms with Crippen molar-refractivity contribution >= 4 is 18.0 Å². The van der Waals surface area contributed by atoms with Crippen LogP contribution in [0.5, 0.6) is 0 Å². The van der Waals surface area contributed by atoms with Gasteiger partial charge < -0.3 is 19.5 Å². The summed E-state index contributed by atoms with van der Waals surface area (Å²) in [7, 11) is 0. The minimum Gasteiger partial charge on any atom is -0.463 e. The van der Waals surface area contributed by atoms with Gasteiger partial charge in [0.15, 0.2) is 0 Å². The van der Waals surface area contributed by atoms with E-state index in [1.807, 2.05) is 6.92 Å². The molecule has 0 aliphatic rings. The molecule has 0 heterocycles. The van der Waals surface area contributed by atoms with Crippen molar-refractivity contribution < 1.29 is 28.6 Å². The topological polar surface area (TPSA) is 90.9 Å². The number of esters is 2. The molecule has 0 aromatic rings. The van der Waals surface area contributed by atoms with Crippen molar-refractivity contribution in [2.45, 2.75) is 34.1 Å². The fourth-order valence-electron chi connectivity index (χ4n) is 1.08. The Morgan fingerprint density at radius 2 is 1.64 bits per heavy atom. The number of hydrogen-bond donors (Lipinski definition) is 1. The molecule has 0 saturated carbocycles. The lowest BCUT2D eigenvalue weighted by atomic mass is 9.91. The Morgan fingerprint density at radius 3 is 2.18 bits per heavy atom. The molecule has 126 valence electrons. The lowest BCUT2D eigenvalue weighted by molar-refractivity contribution is -0.153. The molecule has 0 spiro atoms. The molecule has 0 aliphatic heterocycles. The normalized spacial score (nSPS) is 10.5. The molecule has 7 heteroatoms. The van der Waals surface area contributed by atoms with Crippen LogP contribution in [0.3, 0.4) is 0 Å². The van der Waals surface area contributed by atoms with Crippen molar-refractivity contribution in [1.29, 1.82) is 0 Å². The predicted molar refractivity (Wildman–Crippen MR) is 80.2 cm³/mol. The maximum atomic E-state index is 11.6. The molecule has 7 nitrogen and oxygen atoms in total. The zero-order chi connectivity index (χ0) is 17.2. The highest BCUT2D eigenvalue weighted by Crippen LogP contribution is 2.21. The van der Waals surface area contributed by atoms with Gasteiger partial charge in [0.2, 0.25) is 0 Å². The first-order valence-electron chi connectivity index (χ1n) is 7.11. The van der Waals surface area contributed by atoms with Crippen LogP contribution in [0, 0.1) is 5.41 Å². The maximum absolute atomic E-state index is 11.6. The van der Waals surface area contributed by atoms with Crippen LogP contribution in [0.2, 0.25) is 0 Å². The average Bonchev–Trinajstić information content (AvgIpc) is 2.47. The fraction of sp³-hybridized carbons (Fsp3) is 0.667. The van der Waals surface area contributed by atoms with Gasteiger partial charge in [0.1, 0.15) is 19.8 Å². The smallest absolute Gasteiger partial charge is 0.407 e. The number of nitrogens with one attached hydrogen (secondary N) is 1. The lowest BCUT2D eigenvalue weighted by Crippen LogP contribution is -2.32. The van der Waals surface area contributed by atoms with Gasteiger partial charge in [0.25, 0.3) is 0 Å². The Morgan fingerprint density at radius 1 is 1.05 bits per heavy atom. The van der Waals surface area contributed by atoms with Gasteiger partial charge in [-0.1, -0.05) is 13.5 Å². The standard InChI is InChI=1S/C15H25NO6/c1-6-15(4,5)13(18)21-8-7-16-14(19)22-10-9-20-12(17)11(2)3/h2,6-10H2,1,3-5H3,(H,16,19). The molecule has 0 saturated heterocycles. The van der Waals surface area contributed by atoms with Gasteiger partial charge in [-0.3, -0.25) is 4.79 Å². The first kappa shape index (κ1) is 19.9. The Kier molecular flexibility index (Phi) is 8.89. The van der Waals surface area contributed by atoms with Gasteiger partial charge in [-0.2, -0.15) is 0 Å². The molecule has 0 bridgehead atoms. The number of ether oxygens (including phenoxy) is 3. The van der Waals surface area contributed by atoms with E-state index < -0.39 is 17.5 Å². The average molecular weight is 315 g/mol. The van der Waals surface area contributed by atoms with E-state index in [2.05, 4.69) is 11.9 Å². The molecule has 0 atom stereocenters. The van der Waals surface area contributed by atoms with Gasteiger partial charge in [-0.05, 0) is 27.2 Å². The van der Waals surface area contributed by atoms with Crippen molar-refractivity contribution in [3.8, 4) is 0 Å². The minimum atomic E-state index is -0.669. The molecule has 1 amide bonds. The maximum Gasteiger partial charge on any atom is 0.407 e. The molecule has 0 aliphatic carbocycles. The fourth-order valence-corrected chi connectivity index (χ4v) is 1.08. The summed E-state index contributed by atoms with van der Waals surface area (Å²) in [5, 5.41) is 2.42. The third-order valence-corrected chi connectivity index (χ3v) is 2.94. The Labute approximate surface area is 131 Å². The SMILES string of the molecule is C=C(C)C(=O)OCCOC(=O)NCCOC(=O)C(C)(C)CC. The summed E-state index contributed by atoms with van der Waals surface area (Å²) in [6.45, 7) is 10.6. The second-order valence-electron chi connectivity index (χ2n) is 5.35. The molecule has 0 aromatic carbocycles. The molecule has 0 unspecified atom stereocenters. The number of amides is 1. The Balaban J connectivity index is 3.69. The second-order valence-corrected chi connectivity index (χ2v) is 5.35. The highest BCUT2D eigenvalue weighted by molar-refractivity contribution is 5.86. The van der Waals surface area contributed by atoms with Gasteiger partial charge in [0, 0.05) is 5.57 Å². The number of rotatable bonds is 9. The van der Waals surface area contributed by atoms with Crippen LogP contribution in [-0.2, 0) is 23.8 Å². The lowest BCUT2D eigenvalue weighted by Gasteiger charge is -2.20. The summed E-state index contributed by atoms with van der Waals surface area (Å²) in [5.41, 5.74) is -0.255. The first-order chi connectivity index (χ1) is 10.2. The zero-order valence-electron chi connectivity index (χ0n) is 13.7. The molecular weight excluding hydrogens is 290 g/mol. The van der Waals surface area contributed by atoms with Crippen LogP contribution in [0.1, 0.15) is 34.1 Å². The highest BCUT2D eigenvalue weighted by atomic mass is 16.6. The third-order valence-electron chi connectivity index (χ3n) is 2.94. The van der Waals surface area contributed by atoms with Crippen molar-refractivity contribution in [3.63, 3.8) is 0 Å². The monoisotopic (exact) mass is 315 g/mol. The van der Waals surface area contributed by atoms with Crippen molar-refractivity contribution in [2.24, 2.45) is 5.41 Å². The largest absolute Gasteiger partial charge is 0.463 e. The first-order valence-corrected chi connectivity index (χ1v) is 7.11. The van der Waals surface area contributed by atoms with E-state index in [4.69, 9.17) is 14.2 Å². The van der Waals surface area contributed by atoms with Gasteiger partial charge in [0.05, 0.1) is 12.0 Å². The molecule has 0 rings (SSSR count). The molecule has 1 N–H and O–H groups in total. The summed E-state index contributed by atoms with van der Waals surface area (Å²) in [5.74, 6) is -0.841. The van der Waals surface area contributed by atoms with Crippen LogP contribution in [0.25, 0.3) is 0 Å². The van der Waals surface area contributed by atoms with E-state index in [0.29, 0.717) is 6.42 Å².